The van der Waals surface area contributed by atoms with E-state index in [-0.39, 0.29) is 5.91 Å². The van der Waals surface area contributed by atoms with Crippen molar-refractivity contribution in [3.8, 4) is 11.4 Å². The van der Waals surface area contributed by atoms with E-state index in [0.717, 1.165) is 30.0 Å². The van der Waals surface area contributed by atoms with Gasteiger partial charge in [-0.3, -0.25) is 4.79 Å². The first-order valence-electron chi connectivity index (χ1n) is 10.7. The number of rotatable bonds is 7. The van der Waals surface area contributed by atoms with Crippen molar-refractivity contribution in [1.29, 1.82) is 0 Å². The fraction of sp³-hybridized carbons (Fsp3) is 0.409. The molecule has 0 saturated carbocycles. The first kappa shape index (κ1) is 21.2. The summed E-state index contributed by atoms with van der Waals surface area (Å²) in [6, 6.07) is 10.7. The van der Waals surface area contributed by atoms with Crippen molar-refractivity contribution in [2.75, 3.05) is 18.0 Å². The number of carbonyl (C=O) groups is 1. The predicted molar refractivity (Wildman–Crippen MR) is 120 cm³/mol. The number of carbonyl (C=O) groups excluding carboxylic acids is 1. The predicted octanol–water partition coefficient (Wildman–Crippen LogP) is 3.65. The molecule has 0 bridgehead atoms. The number of nitrogens with zero attached hydrogens (tertiary/aromatic N) is 6. The molecule has 1 aliphatic heterocycles. The van der Waals surface area contributed by atoms with E-state index in [1.807, 2.05) is 37.4 Å². The molecule has 31 heavy (non-hydrogen) atoms. The third-order valence-corrected chi connectivity index (χ3v) is 5.71. The van der Waals surface area contributed by atoms with Crippen molar-refractivity contribution in [1.82, 2.24) is 30.5 Å². The number of amides is 1. The largest absolute Gasteiger partial charge is 0.357 e. The summed E-state index contributed by atoms with van der Waals surface area (Å²) in [6.07, 6.45) is 6.11. The number of benzene rings is 1. The number of aromatic nitrogens is 5. The Hall–Kier alpha value is -3.00. The van der Waals surface area contributed by atoms with Gasteiger partial charge in [-0.15, -0.1) is 10.2 Å². The van der Waals surface area contributed by atoms with Gasteiger partial charge in [-0.1, -0.05) is 24.6 Å². The second kappa shape index (κ2) is 9.87. The number of nitrogens with one attached hydrogen (secondary N) is 1. The van der Waals surface area contributed by atoms with E-state index in [0.29, 0.717) is 23.8 Å². The lowest BCUT2D eigenvalue weighted by atomic mass is 10.1. The van der Waals surface area contributed by atoms with Gasteiger partial charge in [-0.2, -0.15) is 4.80 Å². The molecule has 0 radical (unpaired) electrons. The molecule has 1 amide bonds. The van der Waals surface area contributed by atoms with Gasteiger partial charge in [0.05, 0.1) is 0 Å². The number of anilines is 1. The molecule has 1 unspecified atom stereocenters. The minimum absolute atomic E-state index is 0.150. The summed E-state index contributed by atoms with van der Waals surface area (Å²) < 4.78 is 0. The Bertz CT molecular complexity index is 997. The Morgan fingerprint density at radius 1 is 1.13 bits per heavy atom. The number of halogens is 1. The van der Waals surface area contributed by atoms with Gasteiger partial charge in [0.1, 0.15) is 5.82 Å². The molecule has 8 nitrogen and oxygen atoms in total. The SMILES string of the molecule is CCC(C(=O)NCc1ccc(N2CCCCC2)nc1)n1nnc(-c2ccc(Cl)cc2)n1. The van der Waals surface area contributed by atoms with Crippen LogP contribution >= 0.6 is 11.6 Å². The maximum atomic E-state index is 12.8. The van der Waals surface area contributed by atoms with Gasteiger partial charge < -0.3 is 10.2 Å². The summed E-state index contributed by atoms with van der Waals surface area (Å²) in [6.45, 7) is 4.44. The number of hydrogen-bond donors (Lipinski definition) is 1. The molecule has 3 aromatic rings. The van der Waals surface area contributed by atoms with Crippen LogP contribution in [0.2, 0.25) is 5.02 Å². The van der Waals surface area contributed by atoms with Gasteiger partial charge in [-0.05, 0) is 66.8 Å². The summed E-state index contributed by atoms with van der Waals surface area (Å²) in [4.78, 5) is 21.0. The van der Waals surface area contributed by atoms with Crippen molar-refractivity contribution in [3.63, 3.8) is 0 Å². The summed E-state index contributed by atoms with van der Waals surface area (Å²) >= 11 is 5.93. The second-order valence-corrected chi connectivity index (χ2v) is 8.09. The normalized spacial score (nSPS) is 15.0. The van der Waals surface area contributed by atoms with E-state index in [4.69, 9.17) is 11.6 Å². The molecule has 1 N–H and O–H groups in total. The van der Waals surface area contributed by atoms with E-state index < -0.39 is 6.04 Å². The average Bonchev–Trinajstić information content (AvgIpc) is 3.29. The summed E-state index contributed by atoms with van der Waals surface area (Å²) in [5, 5.41) is 16.2. The molecule has 1 aliphatic rings. The molecule has 162 valence electrons. The maximum Gasteiger partial charge on any atom is 0.247 e. The van der Waals surface area contributed by atoms with Crippen LogP contribution in [0.5, 0.6) is 0 Å². The topological polar surface area (TPSA) is 88.8 Å². The number of hydrogen-bond acceptors (Lipinski definition) is 6. The molecular weight excluding hydrogens is 414 g/mol. The maximum absolute atomic E-state index is 12.8. The fourth-order valence-corrected chi connectivity index (χ4v) is 3.79. The Kier molecular flexibility index (Phi) is 6.76. The monoisotopic (exact) mass is 439 g/mol. The van der Waals surface area contributed by atoms with Crippen LogP contribution in [0.3, 0.4) is 0 Å². The third kappa shape index (κ3) is 5.19. The van der Waals surface area contributed by atoms with Crippen LogP contribution in [0.4, 0.5) is 5.82 Å². The van der Waals surface area contributed by atoms with Crippen LogP contribution in [0.25, 0.3) is 11.4 Å². The number of piperidine rings is 1. The average molecular weight is 440 g/mol. The molecule has 1 atom stereocenters. The molecule has 4 rings (SSSR count). The van der Waals surface area contributed by atoms with Gasteiger partial charge >= 0.3 is 0 Å². The summed E-state index contributed by atoms with van der Waals surface area (Å²) in [7, 11) is 0. The molecule has 1 fully saturated rings. The van der Waals surface area contributed by atoms with Gasteiger partial charge in [0, 0.05) is 36.4 Å². The van der Waals surface area contributed by atoms with Gasteiger partial charge in [0.15, 0.2) is 6.04 Å². The quantitative estimate of drug-likeness (QED) is 0.604. The zero-order chi connectivity index (χ0) is 21.6. The van der Waals surface area contributed by atoms with E-state index >= 15 is 0 Å². The Labute approximate surface area is 186 Å². The van der Waals surface area contributed by atoms with Gasteiger partial charge in [0.2, 0.25) is 11.7 Å². The second-order valence-electron chi connectivity index (χ2n) is 7.65. The van der Waals surface area contributed by atoms with E-state index in [9.17, 15) is 4.79 Å². The first-order valence-corrected chi connectivity index (χ1v) is 11.0. The van der Waals surface area contributed by atoms with Crippen LogP contribution in [-0.2, 0) is 11.3 Å². The van der Waals surface area contributed by atoms with Gasteiger partial charge in [-0.25, -0.2) is 4.98 Å². The highest BCUT2D eigenvalue weighted by atomic mass is 35.5. The summed E-state index contributed by atoms with van der Waals surface area (Å²) in [5.41, 5.74) is 1.75. The lowest BCUT2D eigenvalue weighted by Gasteiger charge is -2.27. The molecule has 9 heteroatoms. The molecule has 0 aliphatic carbocycles. The highest BCUT2D eigenvalue weighted by molar-refractivity contribution is 6.30. The number of tetrazole rings is 1. The molecule has 1 aromatic carbocycles. The van der Waals surface area contributed by atoms with Crippen molar-refractivity contribution < 1.29 is 4.79 Å². The Morgan fingerprint density at radius 3 is 2.58 bits per heavy atom. The van der Waals surface area contributed by atoms with E-state index in [1.54, 1.807) is 12.1 Å². The van der Waals surface area contributed by atoms with E-state index in [2.05, 4.69) is 30.6 Å². The van der Waals surface area contributed by atoms with Crippen molar-refractivity contribution in [2.45, 2.75) is 45.2 Å². The van der Waals surface area contributed by atoms with Crippen LogP contribution in [0, 0.1) is 0 Å². The van der Waals surface area contributed by atoms with Crippen molar-refractivity contribution >= 4 is 23.3 Å². The van der Waals surface area contributed by atoms with Crippen molar-refractivity contribution in [2.24, 2.45) is 0 Å². The Morgan fingerprint density at radius 2 is 1.90 bits per heavy atom. The van der Waals surface area contributed by atoms with Crippen molar-refractivity contribution in [3.05, 3.63) is 53.2 Å². The highest BCUT2D eigenvalue weighted by Gasteiger charge is 2.22. The molecular formula is C22H26ClN7O. The summed E-state index contributed by atoms with van der Waals surface area (Å²) in [5.74, 6) is 1.31. The first-order chi connectivity index (χ1) is 15.1. The minimum Gasteiger partial charge on any atom is -0.357 e. The Balaban J connectivity index is 1.36. The van der Waals surface area contributed by atoms with Crippen LogP contribution < -0.4 is 10.2 Å². The number of pyridine rings is 1. The third-order valence-electron chi connectivity index (χ3n) is 5.45. The smallest absolute Gasteiger partial charge is 0.247 e. The van der Waals surface area contributed by atoms with Crippen LogP contribution in [0.15, 0.2) is 42.6 Å². The molecule has 2 aromatic heterocycles. The zero-order valence-corrected chi connectivity index (χ0v) is 18.3. The van der Waals surface area contributed by atoms with Crippen LogP contribution in [0.1, 0.15) is 44.2 Å². The lowest BCUT2D eigenvalue weighted by Crippen LogP contribution is -2.33. The fourth-order valence-electron chi connectivity index (χ4n) is 3.66. The molecule has 1 saturated heterocycles. The zero-order valence-electron chi connectivity index (χ0n) is 17.5. The molecule has 3 heterocycles. The van der Waals surface area contributed by atoms with Gasteiger partial charge in [0.25, 0.3) is 0 Å². The van der Waals surface area contributed by atoms with E-state index in [1.165, 1.54) is 24.1 Å². The van der Waals surface area contributed by atoms with Crippen LogP contribution in [-0.4, -0.2) is 44.2 Å². The highest BCUT2D eigenvalue weighted by Crippen LogP contribution is 2.19. The lowest BCUT2D eigenvalue weighted by molar-refractivity contribution is -0.125. The standard InChI is InChI=1S/C22H26ClN7O/c1-2-19(30-27-21(26-28-30)17-7-9-18(23)10-8-17)22(31)25-15-16-6-11-20(24-14-16)29-12-4-3-5-13-29/h6-11,14,19H,2-5,12-13,15H2,1H3,(H,25,31). The molecule has 0 spiro atoms. The minimum atomic E-state index is -0.533.